The van der Waals surface area contributed by atoms with Crippen LogP contribution in [0.1, 0.15) is 28.6 Å². The molecule has 1 aromatic carbocycles. The Bertz CT molecular complexity index is 814. The zero-order valence-electron chi connectivity index (χ0n) is 14.0. The second-order valence-corrected chi connectivity index (χ2v) is 6.57. The van der Waals surface area contributed by atoms with E-state index in [2.05, 4.69) is 20.8 Å². The fourth-order valence-electron chi connectivity index (χ4n) is 2.46. The fraction of sp³-hybridized carbons (Fsp3) is 0.294. The molecule has 3 rings (SSSR count). The van der Waals surface area contributed by atoms with Crippen LogP contribution in [0.3, 0.4) is 0 Å². The Morgan fingerprint density at radius 3 is 2.80 bits per heavy atom. The molecule has 0 aliphatic heterocycles. The van der Waals surface area contributed by atoms with Crippen molar-refractivity contribution in [1.29, 1.82) is 0 Å². The lowest BCUT2D eigenvalue weighted by Crippen LogP contribution is -2.33. The van der Waals surface area contributed by atoms with Crippen molar-refractivity contribution in [3.63, 3.8) is 0 Å². The van der Waals surface area contributed by atoms with Crippen LogP contribution < -0.4 is 10.1 Å². The zero-order valence-corrected chi connectivity index (χ0v) is 14.9. The molecule has 0 saturated carbocycles. The van der Waals surface area contributed by atoms with E-state index in [1.807, 2.05) is 42.6 Å². The third-order valence-electron chi connectivity index (χ3n) is 3.85. The third kappa shape index (κ3) is 4.21. The van der Waals surface area contributed by atoms with Crippen LogP contribution in [-0.2, 0) is 6.42 Å². The molecule has 0 aliphatic rings. The first-order chi connectivity index (χ1) is 12.2. The lowest BCUT2D eigenvalue weighted by Gasteiger charge is -2.14. The smallest absolute Gasteiger partial charge is 0.263 e. The molecular weight excluding hydrogens is 338 g/mol. The quantitative estimate of drug-likeness (QED) is 0.702. The SMILES string of the molecule is COc1ccc(CC[C@@H](C)NC(=O)c2sccc2-n2cnnn2)cc1. The maximum absolute atomic E-state index is 12.5. The minimum Gasteiger partial charge on any atom is -0.497 e. The van der Waals surface area contributed by atoms with Crippen molar-refractivity contribution >= 4 is 17.2 Å². The second-order valence-electron chi connectivity index (χ2n) is 5.65. The first-order valence-electron chi connectivity index (χ1n) is 7.92. The van der Waals surface area contributed by atoms with Crippen LogP contribution >= 0.6 is 11.3 Å². The number of aromatic nitrogens is 4. The van der Waals surface area contributed by atoms with Crippen LogP contribution in [0.4, 0.5) is 0 Å². The van der Waals surface area contributed by atoms with Crippen LogP contribution in [0.5, 0.6) is 5.75 Å². The van der Waals surface area contributed by atoms with Gasteiger partial charge in [-0.3, -0.25) is 4.79 Å². The normalized spacial score (nSPS) is 11.9. The highest BCUT2D eigenvalue weighted by Gasteiger charge is 2.17. The van der Waals surface area contributed by atoms with Gasteiger partial charge in [0.25, 0.3) is 5.91 Å². The zero-order chi connectivity index (χ0) is 17.6. The number of benzene rings is 1. The average molecular weight is 357 g/mol. The molecule has 0 fully saturated rings. The van der Waals surface area contributed by atoms with Gasteiger partial charge in [-0.25, -0.2) is 0 Å². The standard InChI is InChI=1S/C17H19N5O2S/c1-12(3-4-13-5-7-14(24-2)8-6-13)19-17(23)16-15(9-10-25-16)22-11-18-20-21-22/h5-12H,3-4H2,1-2H3,(H,19,23)/t12-/m1/s1. The van der Waals surface area contributed by atoms with Gasteiger partial charge in [0.2, 0.25) is 0 Å². The Morgan fingerprint density at radius 1 is 1.32 bits per heavy atom. The van der Waals surface area contributed by atoms with E-state index in [9.17, 15) is 4.79 Å². The van der Waals surface area contributed by atoms with Crippen molar-refractivity contribution in [2.45, 2.75) is 25.8 Å². The molecule has 1 amide bonds. The summed E-state index contributed by atoms with van der Waals surface area (Å²) in [6.07, 6.45) is 3.21. The number of hydrogen-bond acceptors (Lipinski definition) is 6. The van der Waals surface area contributed by atoms with Crippen molar-refractivity contribution < 1.29 is 9.53 Å². The molecule has 0 radical (unpaired) electrons. The number of aryl methyl sites for hydroxylation is 1. The molecule has 7 nitrogen and oxygen atoms in total. The number of amides is 1. The highest BCUT2D eigenvalue weighted by Crippen LogP contribution is 2.20. The second kappa shape index (κ2) is 7.89. The van der Waals surface area contributed by atoms with E-state index in [1.165, 1.54) is 27.9 Å². The van der Waals surface area contributed by atoms with Crippen molar-refractivity contribution in [1.82, 2.24) is 25.5 Å². The van der Waals surface area contributed by atoms with Crippen molar-refractivity contribution in [3.8, 4) is 11.4 Å². The van der Waals surface area contributed by atoms with Gasteiger partial charge in [-0.2, -0.15) is 4.68 Å². The average Bonchev–Trinajstić information content (AvgIpc) is 3.31. The van der Waals surface area contributed by atoms with Crippen LogP contribution in [0, 0.1) is 0 Å². The van der Waals surface area contributed by atoms with Gasteiger partial charge in [0, 0.05) is 6.04 Å². The Morgan fingerprint density at radius 2 is 2.12 bits per heavy atom. The number of ether oxygens (including phenoxy) is 1. The Hall–Kier alpha value is -2.74. The van der Waals surface area contributed by atoms with Crippen molar-refractivity contribution in [2.75, 3.05) is 7.11 Å². The monoisotopic (exact) mass is 357 g/mol. The predicted molar refractivity (Wildman–Crippen MR) is 95.3 cm³/mol. The van der Waals surface area contributed by atoms with Gasteiger partial charge >= 0.3 is 0 Å². The van der Waals surface area contributed by atoms with E-state index in [0.29, 0.717) is 10.6 Å². The topological polar surface area (TPSA) is 81.9 Å². The molecule has 2 aromatic heterocycles. The first kappa shape index (κ1) is 17.1. The number of thiophene rings is 1. The van der Waals surface area contributed by atoms with Crippen molar-refractivity contribution in [3.05, 3.63) is 52.5 Å². The maximum atomic E-state index is 12.5. The summed E-state index contributed by atoms with van der Waals surface area (Å²) < 4.78 is 6.65. The van der Waals surface area contributed by atoms with E-state index in [1.54, 1.807) is 7.11 Å². The summed E-state index contributed by atoms with van der Waals surface area (Å²) in [5, 5.41) is 16.0. The van der Waals surface area contributed by atoms with Gasteiger partial charge in [0.15, 0.2) is 0 Å². The van der Waals surface area contributed by atoms with E-state index in [-0.39, 0.29) is 11.9 Å². The third-order valence-corrected chi connectivity index (χ3v) is 4.75. The molecule has 25 heavy (non-hydrogen) atoms. The number of methoxy groups -OCH3 is 1. The van der Waals surface area contributed by atoms with Crippen LogP contribution in [0.2, 0.25) is 0 Å². The summed E-state index contributed by atoms with van der Waals surface area (Å²) in [6, 6.07) is 9.87. The molecule has 1 atom stereocenters. The van der Waals surface area contributed by atoms with E-state index < -0.39 is 0 Å². The molecule has 0 unspecified atom stereocenters. The summed E-state index contributed by atoms with van der Waals surface area (Å²) in [4.78, 5) is 13.1. The van der Waals surface area contributed by atoms with Gasteiger partial charge < -0.3 is 10.1 Å². The number of nitrogens with zero attached hydrogens (tertiary/aromatic N) is 4. The molecule has 3 aromatic rings. The van der Waals surface area contributed by atoms with E-state index >= 15 is 0 Å². The number of carbonyl (C=O) groups excluding carboxylic acids is 1. The molecule has 1 N–H and O–H groups in total. The fourth-order valence-corrected chi connectivity index (χ4v) is 3.24. The van der Waals surface area contributed by atoms with Gasteiger partial charge in [0.05, 0.1) is 12.8 Å². The Kier molecular flexibility index (Phi) is 5.39. The lowest BCUT2D eigenvalue weighted by molar-refractivity contribution is 0.0942. The molecule has 130 valence electrons. The summed E-state index contributed by atoms with van der Waals surface area (Å²) in [7, 11) is 1.65. The van der Waals surface area contributed by atoms with E-state index in [0.717, 1.165) is 18.6 Å². The summed E-state index contributed by atoms with van der Waals surface area (Å²) in [5.74, 6) is 0.737. The number of rotatable bonds is 7. The summed E-state index contributed by atoms with van der Waals surface area (Å²) in [5.41, 5.74) is 1.90. The van der Waals surface area contributed by atoms with Crippen LogP contribution in [0.15, 0.2) is 42.0 Å². The highest BCUT2D eigenvalue weighted by atomic mass is 32.1. The van der Waals surface area contributed by atoms with E-state index in [4.69, 9.17) is 4.74 Å². The lowest BCUT2D eigenvalue weighted by atomic mass is 10.1. The molecule has 0 bridgehead atoms. The molecule has 2 heterocycles. The molecular formula is C17H19N5O2S. The number of nitrogens with one attached hydrogen (secondary N) is 1. The minimum atomic E-state index is -0.109. The number of hydrogen-bond donors (Lipinski definition) is 1. The maximum Gasteiger partial charge on any atom is 0.263 e. The van der Waals surface area contributed by atoms with Crippen molar-refractivity contribution in [2.24, 2.45) is 0 Å². The minimum absolute atomic E-state index is 0.0541. The first-order valence-corrected chi connectivity index (χ1v) is 8.80. The largest absolute Gasteiger partial charge is 0.497 e. The Balaban J connectivity index is 1.57. The predicted octanol–water partition coefficient (Wildman–Crippen LogP) is 2.48. The highest BCUT2D eigenvalue weighted by molar-refractivity contribution is 7.12. The number of carbonyl (C=O) groups is 1. The van der Waals surface area contributed by atoms with Gasteiger partial charge in [0.1, 0.15) is 17.0 Å². The molecule has 0 aliphatic carbocycles. The molecule has 8 heteroatoms. The van der Waals surface area contributed by atoms with Gasteiger partial charge in [-0.15, -0.1) is 16.4 Å². The summed E-state index contributed by atoms with van der Waals surface area (Å²) in [6.45, 7) is 2.01. The van der Waals surface area contributed by atoms with Crippen LogP contribution in [0.25, 0.3) is 5.69 Å². The van der Waals surface area contributed by atoms with Crippen LogP contribution in [-0.4, -0.2) is 39.3 Å². The molecule has 0 saturated heterocycles. The Labute approximate surface area is 149 Å². The van der Waals surface area contributed by atoms with Gasteiger partial charge in [-0.05, 0) is 59.3 Å². The van der Waals surface area contributed by atoms with Gasteiger partial charge in [-0.1, -0.05) is 12.1 Å². The summed E-state index contributed by atoms with van der Waals surface area (Å²) >= 11 is 1.37. The number of tetrazole rings is 1. The molecule has 0 spiro atoms.